The number of thioether (sulfide) groups is 1. The molecule has 2 saturated heterocycles. The van der Waals surface area contributed by atoms with E-state index in [9.17, 15) is 14.4 Å². The van der Waals surface area contributed by atoms with Gasteiger partial charge in [0.15, 0.2) is 0 Å². The van der Waals surface area contributed by atoms with E-state index in [-0.39, 0.29) is 29.2 Å². The summed E-state index contributed by atoms with van der Waals surface area (Å²) in [4.78, 5) is 39.4. The lowest BCUT2D eigenvalue weighted by Crippen LogP contribution is -2.46. The number of benzene rings is 1. The van der Waals surface area contributed by atoms with Crippen LogP contribution in [0.1, 0.15) is 44.1 Å². The number of amides is 2. The molecule has 1 unspecified atom stereocenters. The predicted molar refractivity (Wildman–Crippen MR) is 113 cm³/mol. The van der Waals surface area contributed by atoms with E-state index in [1.807, 2.05) is 11.2 Å². The Bertz CT molecular complexity index is 744. The fraction of sp³-hybridized carbons (Fsp3) is 0.591. The zero-order valence-corrected chi connectivity index (χ0v) is 18.1. The highest BCUT2D eigenvalue weighted by Crippen LogP contribution is 2.31. The van der Waals surface area contributed by atoms with E-state index in [0.717, 1.165) is 12.8 Å². The van der Waals surface area contributed by atoms with Gasteiger partial charge in [0.1, 0.15) is 0 Å². The number of piperidine rings is 1. The third-order valence-corrected chi connectivity index (χ3v) is 6.88. The van der Waals surface area contributed by atoms with Crippen LogP contribution in [0, 0.1) is 5.92 Å². The van der Waals surface area contributed by atoms with Crippen LogP contribution in [0.3, 0.4) is 0 Å². The van der Waals surface area contributed by atoms with Crippen molar-refractivity contribution < 1.29 is 19.1 Å². The number of rotatable bonds is 7. The first-order valence-corrected chi connectivity index (χ1v) is 11.5. The lowest BCUT2D eigenvalue weighted by Gasteiger charge is -2.33. The van der Waals surface area contributed by atoms with E-state index in [2.05, 4.69) is 29.6 Å². The minimum absolute atomic E-state index is 0.0667. The summed E-state index contributed by atoms with van der Waals surface area (Å²) in [6.45, 7) is 1.18. The van der Waals surface area contributed by atoms with Gasteiger partial charge in [0.2, 0.25) is 11.8 Å². The number of methoxy groups -OCH3 is 1. The Labute approximate surface area is 176 Å². The first-order valence-electron chi connectivity index (χ1n) is 10.2. The largest absolute Gasteiger partial charge is 0.469 e. The smallest absolute Gasteiger partial charge is 0.308 e. The molecule has 0 spiro atoms. The highest BCUT2D eigenvalue weighted by atomic mass is 32.2. The summed E-state index contributed by atoms with van der Waals surface area (Å²) in [6.07, 6.45) is 6.42. The lowest BCUT2D eigenvalue weighted by atomic mass is 9.84. The summed E-state index contributed by atoms with van der Waals surface area (Å²) in [5, 5.41) is 3.16. The van der Waals surface area contributed by atoms with Crippen LogP contribution < -0.4 is 5.32 Å². The van der Waals surface area contributed by atoms with Gasteiger partial charge in [-0.15, -0.1) is 11.8 Å². The molecule has 0 radical (unpaired) electrons. The molecule has 1 N–H and O–H groups in total. The Morgan fingerprint density at radius 1 is 1.24 bits per heavy atom. The van der Waals surface area contributed by atoms with Crippen LogP contribution >= 0.6 is 11.8 Å². The van der Waals surface area contributed by atoms with Crippen molar-refractivity contribution in [2.45, 2.75) is 55.4 Å². The first-order chi connectivity index (χ1) is 13.9. The van der Waals surface area contributed by atoms with Crippen molar-refractivity contribution in [3.05, 3.63) is 29.8 Å². The summed E-state index contributed by atoms with van der Waals surface area (Å²) < 4.78 is 4.81. The van der Waals surface area contributed by atoms with Gasteiger partial charge in [0.25, 0.3) is 0 Å². The average Bonchev–Trinajstić information content (AvgIpc) is 3.12. The average molecular weight is 419 g/mol. The highest BCUT2D eigenvalue weighted by molar-refractivity contribution is 7.98. The summed E-state index contributed by atoms with van der Waals surface area (Å²) in [5.41, 5.74) is 0.828. The number of nitrogens with zero attached hydrogens (tertiary/aromatic N) is 1. The number of esters is 1. The molecule has 1 aromatic rings. The number of carbonyl (C=O) groups is 3. The number of likely N-dealkylation sites (tertiary alicyclic amines) is 1. The minimum atomic E-state index is -0.349. The second kappa shape index (κ2) is 9.65. The van der Waals surface area contributed by atoms with Crippen molar-refractivity contribution in [1.82, 2.24) is 10.2 Å². The second-order valence-corrected chi connectivity index (χ2v) is 8.91. The van der Waals surface area contributed by atoms with Crippen LogP contribution in [0.15, 0.2) is 29.2 Å². The van der Waals surface area contributed by atoms with Gasteiger partial charge in [-0.2, -0.15) is 0 Å². The third kappa shape index (κ3) is 5.53. The van der Waals surface area contributed by atoms with Crippen LogP contribution in [0.5, 0.6) is 0 Å². The predicted octanol–water partition coefficient (Wildman–Crippen LogP) is 2.79. The molecule has 2 fully saturated rings. The molecule has 29 heavy (non-hydrogen) atoms. The van der Waals surface area contributed by atoms with Gasteiger partial charge >= 0.3 is 5.97 Å². The number of nitrogens with one attached hydrogen (secondary N) is 1. The van der Waals surface area contributed by atoms with Gasteiger partial charge in [-0.3, -0.25) is 14.4 Å². The van der Waals surface area contributed by atoms with Gasteiger partial charge in [0.05, 0.1) is 13.0 Å². The summed E-state index contributed by atoms with van der Waals surface area (Å²) in [5.74, 6) is -0.116. The molecule has 0 saturated carbocycles. The molecule has 0 aliphatic carbocycles. The Balaban J connectivity index is 1.57. The minimum Gasteiger partial charge on any atom is -0.469 e. The lowest BCUT2D eigenvalue weighted by molar-refractivity contribution is -0.149. The van der Waals surface area contributed by atoms with E-state index in [0.29, 0.717) is 45.2 Å². The van der Waals surface area contributed by atoms with Crippen LogP contribution in [-0.2, 0) is 25.5 Å². The van der Waals surface area contributed by atoms with Crippen molar-refractivity contribution in [1.29, 1.82) is 0 Å². The normalized spacial score (nSPS) is 22.4. The quantitative estimate of drug-likeness (QED) is 0.544. The topological polar surface area (TPSA) is 75.7 Å². The molecule has 1 aromatic carbocycles. The van der Waals surface area contributed by atoms with Gasteiger partial charge in [0, 0.05) is 36.4 Å². The fourth-order valence-corrected chi connectivity index (χ4v) is 4.76. The maximum absolute atomic E-state index is 12.8. The van der Waals surface area contributed by atoms with Crippen LogP contribution in [0.4, 0.5) is 0 Å². The van der Waals surface area contributed by atoms with Crippen molar-refractivity contribution in [2.75, 3.05) is 26.5 Å². The van der Waals surface area contributed by atoms with E-state index in [4.69, 9.17) is 4.74 Å². The molecule has 0 bridgehead atoms. The second-order valence-electron chi connectivity index (χ2n) is 8.03. The van der Waals surface area contributed by atoms with E-state index < -0.39 is 0 Å². The molecule has 158 valence electrons. The molecular formula is C22H30N2O4S. The van der Waals surface area contributed by atoms with Crippen molar-refractivity contribution in [3.8, 4) is 0 Å². The van der Waals surface area contributed by atoms with Gasteiger partial charge in [-0.05, 0) is 56.1 Å². The first kappa shape index (κ1) is 21.7. The van der Waals surface area contributed by atoms with E-state index in [1.165, 1.54) is 17.6 Å². The SMILES string of the molecule is COC(=O)C1CCN(C(=O)CCC2(Cc3ccc(SC)cc3)CCC(=O)N2)CC1. The molecule has 0 aromatic heterocycles. The standard InChI is InChI=1S/C22H30N2O4S/c1-28-21(27)17-9-13-24(14-10-17)20(26)8-12-22(11-7-19(25)23-22)15-16-3-5-18(29-2)6-4-16/h3-6,17H,7-15H2,1-2H3,(H,23,25). The monoisotopic (exact) mass is 418 g/mol. The summed E-state index contributed by atoms with van der Waals surface area (Å²) in [7, 11) is 1.41. The summed E-state index contributed by atoms with van der Waals surface area (Å²) in [6, 6.07) is 8.41. The van der Waals surface area contributed by atoms with Crippen LogP contribution in [-0.4, -0.2) is 54.7 Å². The van der Waals surface area contributed by atoms with E-state index >= 15 is 0 Å². The van der Waals surface area contributed by atoms with Crippen molar-refractivity contribution in [2.24, 2.45) is 5.92 Å². The fourth-order valence-electron chi connectivity index (χ4n) is 4.35. The van der Waals surface area contributed by atoms with Gasteiger partial charge in [-0.1, -0.05) is 12.1 Å². The van der Waals surface area contributed by atoms with Crippen molar-refractivity contribution in [3.63, 3.8) is 0 Å². The Morgan fingerprint density at radius 3 is 2.48 bits per heavy atom. The van der Waals surface area contributed by atoms with Gasteiger partial charge < -0.3 is 15.0 Å². The molecule has 1 atom stereocenters. The van der Waals surface area contributed by atoms with Crippen LogP contribution in [0.25, 0.3) is 0 Å². The highest BCUT2D eigenvalue weighted by Gasteiger charge is 2.38. The summed E-state index contributed by atoms with van der Waals surface area (Å²) >= 11 is 1.70. The number of ether oxygens (including phenoxy) is 1. The Hall–Kier alpha value is -2.02. The Morgan fingerprint density at radius 2 is 1.93 bits per heavy atom. The molecule has 2 aliphatic heterocycles. The maximum atomic E-state index is 12.8. The zero-order valence-electron chi connectivity index (χ0n) is 17.2. The number of carbonyl (C=O) groups excluding carboxylic acids is 3. The molecule has 3 rings (SSSR count). The molecule has 7 heteroatoms. The molecule has 6 nitrogen and oxygen atoms in total. The van der Waals surface area contributed by atoms with Gasteiger partial charge in [-0.25, -0.2) is 0 Å². The molecule has 2 aliphatic rings. The zero-order chi connectivity index (χ0) is 20.9. The molecular weight excluding hydrogens is 388 g/mol. The van der Waals surface area contributed by atoms with Crippen LogP contribution in [0.2, 0.25) is 0 Å². The number of hydrogen-bond donors (Lipinski definition) is 1. The third-order valence-electron chi connectivity index (χ3n) is 6.14. The van der Waals surface area contributed by atoms with E-state index in [1.54, 1.807) is 11.8 Å². The maximum Gasteiger partial charge on any atom is 0.308 e. The number of hydrogen-bond acceptors (Lipinski definition) is 5. The Kier molecular flexibility index (Phi) is 7.22. The molecule has 2 heterocycles. The van der Waals surface area contributed by atoms with Crippen molar-refractivity contribution >= 4 is 29.5 Å². The molecule has 2 amide bonds.